The molecule has 6 heteroatoms. The monoisotopic (exact) mass is 448 g/mol. The summed E-state index contributed by atoms with van der Waals surface area (Å²) in [5, 5.41) is 10.3. The standard InChI is InChI=1S/C25H36O5S/c1-2-3-4-5-6-7-8-9-10-11-12-17-23-24(26)18-14-19-25(23)30-21-15-13-16-22(20-21)31(27,28)29/h13-16,18-20,26H,2-12,17H2,1H3,(H,27,28,29). The predicted octanol–water partition coefficient (Wildman–Crippen LogP) is 7.28. The van der Waals surface area contributed by atoms with E-state index in [1.807, 2.05) is 0 Å². The van der Waals surface area contributed by atoms with Gasteiger partial charge in [-0.25, -0.2) is 0 Å². The van der Waals surface area contributed by atoms with Gasteiger partial charge >= 0.3 is 0 Å². The number of hydrogen-bond acceptors (Lipinski definition) is 4. The Kier molecular flexibility index (Phi) is 10.9. The smallest absolute Gasteiger partial charge is 0.294 e. The lowest BCUT2D eigenvalue weighted by Crippen LogP contribution is -1.99. The number of rotatable bonds is 15. The van der Waals surface area contributed by atoms with E-state index in [4.69, 9.17) is 4.74 Å². The van der Waals surface area contributed by atoms with Crippen molar-refractivity contribution in [2.75, 3.05) is 0 Å². The molecule has 0 aromatic heterocycles. The molecule has 0 spiro atoms. The lowest BCUT2D eigenvalue weighted by atomic mass is 10.0. The molecule has 0 aliphatic rings. The van der Waals surface area contributed by atoms with Crippen molar-refractivity contribution in [2.24, 2.45) is 0 Å². The van der Waals surface area contributed by atoms with Gasteiger partial charge in [0.2, 0.25) is 0 Å². The van der Waals surface area contributed by atoms with Crippen LogP contribution in [0.3, 0.4) is 0 Å². The number of phenols is 1. The lowest BCUT2D eigenvalue weighted by Gasteiger charge is -2.13. The molecule has 2 aromatic carbocycles. The zero-order valence-corrected chi connectivity index (χ0v) is 19.4. The molecule has 0 aliphatic carbocycles. The molecule has 0 heterocycles. The SMILES string of the molecule is CCCCCCCCCCCCCc1c(O)cccc1Oc1cccc(S(=O)(=O)O)c1. The molecular formula is C25H36O5S. The molecule has 0 saturated heterocycles. The molecule has 2 N–H and O–H groups in total. The van der Waals surface area contributed by atoms with E-state index in [1.54, 1.807) is 24.3 Å². The molecular weight excluding hydrogens is 412 g/mol. The molecule has 2 rings (SSSR count). The highest BCUT2D eigenvalue weighted by molar-refractivity contribution is 7.85. The summed E-state index contributed by atoms with van der Waals surface area (Å²) in [7, 11) is -4.30. The maximum absolute atomic E-state index is 11.3. The Morgan fingerprint density at radius 3 is 2.00 bits per heavy atom. The number of phenolic OH excluding ortho intramolecular Hbond substituents is 1. The van der Waals surface area contributed by atoms with Crippen LogP contribution in [0.2, 0.25) is 0 Å². The van der Waals surface area contributed by atoms with E-state index in [9.17, 15) is 18.1 Å². The number of hydrogen-bond donors (Lipinski definition) is 2. The van der Waals surface area contributed by atoms with E-state index in [2.05, 4.69) is 6.92 Å². The Bertz CT molecular complexity index is 893. The number of ether oxygens (including phenoxy) is 1. The highest BCUT2D eigenvalue weighted by Crippen LogP contribution is 2.33. The largest absolute Gasteiger partial charge is 0.508 e. The maximum atomic E-state index is 11.3. The number of benzene rings is 2. The van der Waals surface area contributed by atoms with E-state index in [0.717, 1.165) is 18.4 Å². The first-order valence-corrected chi connectivity index (χ1v) is 12.9. The van der Waals surface area contributed by atoms with Crippen molar-refractivity contribution < 1.29 is 22.8 Å². The van der Waals surface area contributed by atoms with E-state index in [-0.39, 0.29) is 10.6 Å². The Labute approximate surface area is 187 Å². The van der Waals surface area contributed by atoms with Crippen LogP contribution < -0.4 is 4.74 Å². The topological polar surface area (TPSA) is 83.8 Å². The molecule has 0 bridgehead atoms. The molecule has 0 unspecified atom stereocenters. The van der Waals surface area contributed by atoms with Crippen molar-refractivity contribution in [3.63, 3.8) is 0 Å². The molecule has 5 nitrogen and oxygen atoms in total. The second-order valence-electron chi connectivity index (χ2n) is 8.09. The van der Waals surface area contributed by atoms with Gasteiger partial charge in [0.25, 0.3) is 10.1 Å². The maximum Gasteiger partial charge on any atom is 0.294 e. The normalized spacial score (nSPS) is 11.5. The van der Waals surface area contributed by atoms with Gasteiger partial charge in [-0.3, -0.25) is 4.55 Å². The molecule has 172 valence electrons. The Hall–Kier alpha value is -2.05. The fourth-order valence-electron chi connectivity index (χ4n) is 3.69. The first-order chi connectivity index (χ1) is 14.9. The van der Waals surface area contributed by atoms with E-state index in [1.165, 1.54) is 76.0 Å². The average Bonchev–Trinajstić information content (AvgIpc) is 2.73. The number of aromatic hydroxyl groups is 1. The summed E-state index contributed by atoms with van der Waals surface area (Å²) in [4.78, 5) is -0.225. The molecule has 0 radical (unpaired) electrons. The first kappa shape index (κ1) is 25.2. The quantitative estimate of drug-likeness (QED) is 0.221. The third kappa shape index (κ3) is 9.32. The lowest BCUT2D eigenvalue weighted by molar-refractivity contribution is 0.439. The summed E-state index contributed by atoms with van der Waals surface area (Å²) in [5.41, 5.74) is 0.718. The van der Waals surface area contributed by atoms with Crippen LogP contribution >= 0.6 is 0 Å². The summed E-state index contributed by atoms with van der Waals surface area (Å²) in [6.45, 7) is 2.24. The Balaban J connectivity index is 1.80. The minimum atomic E-state index is -4.30. The van der Waals surface area contributed by atoms with Gasteiger partial charge < -0.3 is 9.84 Å². The fraction of sp³-hybridized carbons (Fsp3) is 0.520. The summed E-state index contributed by atoms with van der Waals surface area (Å²) >= 11 is 0. The fourth-order valence-corrected chi connectivity index (χ4v) is 4.21. The molecule has 31 heavy (non-hydrogen) atoms. The van der Waals surface area contributed by atoms with Crippen LogP contribution in [0, 0.1) is 0 Å². The second kappa shape index (κ2) is 13.4. The van der Waals surface area contributed by atoms with Crippen LogP contribution in [0.1, 0.15) is 83.1 Å². The number of unbranched alkanes of at least 4 members (excludes halogenated alkanes) is 10. The van der Waals surface area contributed by atoms with Gasteiger partial charge in [0.05, 0.1) is 4.90 Å². The van der Waals surface area contributed by atoms with Crippen molar-refractivity contribution in [1.29, 1.82) is 0 Å². The minimum Gasteiger partial charge on any atom is -0.508 e. The zero-order chi connectivity index (χ0) is 22.5. The molecule has 0 saturated carbocycles. The van der Waals surface area contributed by atoms with Crippen molar-refractivity contribution in [3.05, 3.63) is 48.0 Å². The average molecular weight is 449 g/mol. The van der Waals surface area contributed by atoms with Gasteiger partial charge in [0.15, 0.2) is 0 Å². The van der Waals surface area contributed by atoms with Crippen molar-refractivity contribution in [1.82, 2.24) is 0 Å². The van der Waals surface area contributed by atoms with Gasteiger partial charge in [0.1, 0.15) is 17.2 Å². The Morgan fingerprint density at radius 2 is 1.39 bits per heavy atom. The van der Waals surface area contributed by atoms with Gasteiger partial charge in [-0.05, 0) is 37.1 Å². The predicted molar refractivity (Wildman–Crippen MR) is 125 cm³/mol. The van der Waals surface area contributed by atoms with Crippen molar-refractivity contribution >= 4 is 10.1 Å². The van der Waals surface area contributed by atoms with Gasteiger partial charge in [0, 0.05) is 11.6 Å². The molecule has 0 amide bonds. The van der Waals surface area contributed by atoms with E-state index < -0.39 is 10.1 Å². The molecule has 0 aliphatic heterocycles. The van der Waals surface area contributed by atoms with Crippen LogP contribution in [0.5, 0.6) is 17.2 Å². The molecule has 2 aromatic rings. The third-order valence-corrected chi connectivity index (χ3v) is 6.32. The van der Waals surface area contributed by atoms with Crippen LogP contribution in [0.15, 0.2) is 47.4 Å². The van der Waals surface area contributed by atoms with Gasteiger partial charge in [-0.2, -0.15) is 8.42 Å². The summed E-state index contributed by atoms with van der Waals surface area (Å²) < 4.78 is 37.8. The Morgan fingerprint density at radius 1 is 0.806 bits per heavy atom. The summed E-state index contributed by atoms with van der Waals surface area (Å²) in [5.74, 6) is 0.969. The molecule has 0 fully saturated rings. The van der Waals surface area contributed by atoms with Crippen LogP contribution in [-0.4, -0.2) is 18.1 Å². The summed E-state index contributed by atoms with van der Waals surface area (Å²) in [6.07, 6.45) is 14.5. The summed E-state index contributed by atoms with van der Waals surface area (Å²) in [6, 6.07) is 10.8. The second-order valence-corrected chi connectivity index (χ2v) is 9.51. The zero-order valence-electron chi connectivity index (χ0n) is 18.6. The highest BCUT2D eigenvalue weighted by atomic mass is 32.2. The van der Waals surface area contributed by atoms with Crippen LogP contribution in [-0.2, 0) is 16.5 Å². The first-order valence-electron chi connectivity index (χ1n) is 11.5. The van der Waals surface area contributed by atoms with E-state index >= 15 is 0 Å². The van der Waals surface area contributed by atoms with E-state index in [0.29, 0.717) is 17.9 Å². The van der Waals surface area contributed by atoms with Crippen molar-refractivity contribution in [3.8, 4) is 17.2 Å². The van der Waals surface area contributed by atoms with Crippen LogP contribution in [0.25, 0.3) is 0 Å². The van der Waals surface area contributed by atoms with Gasteiger partial charge in [-0.15, -0.1) is 0 Å². The van der Waals surface area contributed by atoms with Crippen LogP contribution in [0.4, 0.5) is 0 Å². The van der Waals surface area contributed by atoms with Crippen molar-refractivity contribution in [2.45, 2.75) is 88.9 Å². The minimum absolute atomic E-state index is 0.176. The molecule has 0 atom stereocenters. The highest BCUT2D eigenvalue weighted by Gasteiger charge is 2.13. The third-order valence-electron chi connectivity index (χ3n) is 5.47. The van der Waals surface area contributed by atoms with Gasteiger partial charge in [-0.1, -0.05) is 83.3 Å².